The van der Waals surface area contributed by atoms with E-state index >= 15 is 0 Å². The first-order valence-corrected chi connectivity index (χ1v) is 10.9. The number of carbonyl (C=O) groups excluding carboxylic acids is 1. The zero-order valence-electron chi connectivity index (χ0n) is 18.5. The topological polar surface area (TPSA) is 84.9 Å². The van der Waals surface area contributed by atoms with Gasteiger partial charge in [0, 0.05) is 6.07 Å². The molecule has 3 aromatic rings. The Labute approximate surface area is 195 Å². The molecule has 3 aromatic carbocycles. The van der Waals surface area contributed by atoms with Crippen molar-refractivity contribution < 1.29 is 24.2 Å². The van der Waals surface area contributed by atoms with Gasteiger partial charge in [-0.25, -0.2) is 4.79 Å². The van der Waals surface area contributed by atoms with E-state index in [1.165, 1.54) is 6.07 Å². The van der Waals surface area contributed by atoms with Crippen molar-refractivity contribution in [1.82, 2.24) is 0 Å². The van der Waals surface area contributed by atoms with Gasteiger partial charge in [-0.3, -0.25) is 4.79 Å². The van der Waals surface area contributed by atoms with Crippen molar-refractivity contribution in [2.24, 2.45) is 0 Å². The molecule has 0 aromatic heterocycles. The molecule has 0 unspecified atom stereocenters. The lowest BCUT2D eigenvalue weighted by Crippen LogP contribution is -2.16. The van der Waals surface area contributed by atoms with E-state index in [0.717, 1.165) is 24.0 Å². The first-order valence-electron chi connectivity index (χ1n) is 10.9. The van der Waals surface area contributed by atoms with Crippen LogP contribution in [0.5, 0.6) is 11.5 Å². The van der Waals surface area contributed by atoms with E-state index in [-0.39, 0.29) is 16.8 Å². The molecule has 0 aliphatic carbocycles. The Balaban J connectivity index is 1.92. The molecule has 2 radical (unpaired) electrons. The van der Waals surface area contributed by atoms with Gasteiger partial charge in [0.2, 0.25) is 0 Å². The van der Waals surface area contributed by atoms with Gasteiger partial charge in [-0.05, 0) is 41.8 Å². The van der Waals surface area contributed by atoms with Crippen molar-refractivity contribution in [2.75, 3.05) is 18.5 Å². The Hall–Kier alpha value is -3.74. The molecule has 168 valence electrons. The van der Waals surface area contributed by atoms with Crippen molar-refractivity contribution in [3.63, 3.8) is 0 Å². The Morgan fingerprint density at radius 2 is 1.67 bits per heavy atom. The largest absolute Gasteiger partial charge is 0.494 e. The smallest absolute Gasteiger partial charge is 0.337 e. The molecule has 7 heteroatoms. The van der Waals surface area contributed by atoms with Gasteiger partial charge < -0.3 is 19.9 Å². The molecule has 0 bridgehead atoms. The van der Waals surface area contributed by atoms with Gasteiger partial charge in [-0.2, -0.15) is 0 Å². The van der Waals surface area contributed by atoms with E-state index in [9.17, 15) is 14.7 Å². The second kappa shape index (κ2) is 11.8. The normalized spacial score (nSPS) is 10.5. The molecule has 0 fully saturated rings. The minimum Gasteiger partial charge on any atom is -0.494 e. The maximum Gasteiger partial charge on any atom is 0.337 e. The van der Waals surface area contributed by atoms with Crippen LogP contribution in [0.25, 0.3) is 11.1 Å². The van der Waals surface area contributed by atoms with E-state index in [0.29, 0.717) is 31.0 Å². The highest BCUT2D eigenvalue weighted by Gasteiger charge is 2.18. The number of hydrogen-bond acceptors (Lipinski definition) is 4. The first-order chi connectivity index (χ1) is 16.0. The van der Waals surface area contributed by atoms with Crippen LogP contribution in [0.2, 0.25) is 6.32 Å². The molecular weight excluding hydrogens is 417 g/mol. The van der Waals surface area contributed by atoms with E-state index < -0.39 is 11.9 Å². The summed E-state index contributed by atoms with van der Waals surface area (Å²) in [7, 11) is 5.50. The van der Waals surface area contributed by atoms with E-state index in [1.807, 2.05) is 37.3 Å². The summed E-state index contributed by atoms with van der Waals surface area (Å²) in [5.41, 5.74) is 2.19. The van der Waals surface area contributed by atoms with Gasteiger partial charge in [-0.1, -0.05) is 56.1 Å². The number of anilines is 1. The number of hydrogen-bond donors (Lipinski definition) is 2. The molecule has 2 N–H and O–H groups in total. The van der Waals surface area contributed by atoms with Gasteiger partial charge in [0.25, 0.3) is 5.91 Å². The molecule has 0 saturated heterocycles. The van der Waals surface area contributed by atoms with Crippen LogP contribution in [0.4, 0.5) is 5.69 Å². The lowest BCUT2D eigenvalue weighted by Gasteiger charge is -2.15. The van der Waals surface area contributed by atoms with Crippen LogP contribution in [-0.2, 0) is 0 Å². The Morgan fingerprint density at radius 3 is 2.36 bits per heavy atom. The van der Waals surface area contributed by atoms with Crippen LogP contribution in [0.3, 0.4) is 0 Å². The number of aromatic carboxylic acids is 1. The number of amides is 1. The molecular formula is C26H26BNO5. The minimum atomic E-state index is -1.13. The molecule has 0 saturated carbocycles. The van der Waals surface area contributed by atoms with Crippen LogP contribution in [0.15, 0.2) is 66.7 Å². The average molecular weight is 443 g/mol. The van der Waals surface area contributed by atoms with Crippen LogP contribution in [0, 0.1) is 0 Å². The lowest BCUT2D eigenvalue weighted by molar-refractivity contribution is 0.0698. The predicted molar refractivity (Wildman–Crippen MR) is 130 cm³/mol. The second-order valence-corrected chi connectivity index (χ2v) is 7.38. The van der Waals surface area contributed by atoms with Gasteiger partial charge in [0.05, 0.1) is 37.9 Å². The summed E-state index contributed by atoms with van der Waals surface area (Å²) >= 11 is 0. The third-order valence-corrected chi connectivity index (χ3v) is 4.95. The van der Waals surface area contributed by atoms with Crippen molar-refractivity contribution in [2.45, 2.75) is 26.1 Å². The molecule has 1 amide bonds. The number of ether oxygens (including phenoxy) is 2. The molecule has 6 nitrogen and oxygen atoms in total. The molecule has 0 aliphatic rings. The molecule has 0 aliphatic heterocycles. The highest BCUT2D eigenvalue weighted by Crippen LogP contribution is 2.29. The summed E-state index contributed by atoms with van der Waals surface area (Å²) in [6.07, 6.45) is 2.14. The lowest BCUT2D eigenvalue weighted by atomic mass is 10.0. The van der Waals surface area contributed by atoms with Gasteiger partial charge in [0.1, 0.15) is 11.5 Å². The minimum absolute atomic E-state index is 0.000572. The second-order valence-electron chi connectivity index (χ2n) is 7.38. The highest BCUT2D eigenvalue weighted by atomic mass is 16.5. The van der Waals surface area contributed by atoms with Crippen LogP contribution >= 0.6 is 0 Å². The fourth-order valence-corrected chi connectivity index (χ4v) is 3.24. The predicted octanol–water partition coefficient (Wildman–Crippen LogP) is 5.45. The van der Waals surface area contributed by atoms with Gasteiger partial charge in [0.15, 0.2) is 0 Å². The summed E-state index contributed by atoms with van der Waals surface area (Å²) in [6, 6.07) is 19.3. The summed E-state index contributed by atoms with van der Waals surface area (Å²) < 4.78 is 11.4. The monoisotopic (exact) mass is 443 g/mol. The van der Waals surface area contributed by atoms with Crippen LogP contribution in [-0.4, -0.2) is 38.0 Å². The standard InChI is InChI=1S/C26H26BNO5/c1-2-3-14-33-24-17-20(32-15-13-27)10-12-22(24)25(29)28-23-16-19(9-11-21(23)26(30)31)18-7-5-4-6-8-18/h4-12,16-17H,2-3,13-15H2,1H3,(H,28,29)(H,30,31). The number of carbonyl (C=O) groups is 2. The van der Waals surface area contributed by atoms with E-state index in [2.05, 4.69) is 5.32 Å². The van der Waals surface area contributed by atoms with Crippen molar-refractivity contribution in [3.8, 4) is 22.6 Å². The van der Waals surface area contributed by atoms with Gasteiger partial charge in [-0.15, -0.1) is 0 Å². The molecule has 0 atom stereocenters. The SMILES string of the molecule is [B]CCOc1ccc(C(=O)Nc2cc(-c3ccccc3)ccc2C(=O)O)c(OCCCC)c1. The van der Waals surface area contributed by atoms with Crippen LogP contribution in [0.1, 0.15) is 40.5 Å². The third-order valence-electron chi connectivity index (χ3n) is 4.95. The van der Waals surface area contributed by atoms with Crippen LogP contribution < -0.4 is 14.8 Å². The molecule has 3 rings (SSSR count). The third kappa shape index (κ3) is 6.38. The Morgan fingerprint density at radius 1 is 0.909 bits per heavy atom. The zero-order valence-corrected chi connectivity index (χ0v) is 18.5. The molecule has 0 heterocycles. The van der Waals surface area contributed by atoms with E-state index in [1.54, 1.807) is 30.3 Å². The fourth-order valence-electron chi connectivity index (χ4n) is 3.24. The maximum atomic E-state index is 13.2. The molecule has 33 heavy (non-hydrogen) atoms. The van der Waals surface area contributed by atoms with Crippen molar-refractivity contribution >= 4 is 25.4 Å². The first kappa shape index (κ1) is 23.9. The number of benzene rings is 3. The highest BCUT2D eigenvalue weighted by molar-refractivity contribution is 6.09. The summed E-state index contributed by atoms with van der Waals surface area (Å²) in [4.78, 5) is 24.9. The summed E-state index contributed by atoms with van der Waals surface area (Å²) in [6.45, 7) is 2.83. The number of nitrogens with one attached hydrogen (secondary N) is 1. The number of unbranched alkanes of at least 4 members (excludes halogenated alkanes) is 1. The average Bonchev–Trinajstić information content (AvgIpc) is 2.83. The summed E-state index contributed by atoms with van der Waals surface area (Å²) in [5, 5.41) is 12.4. The Kier molecular flexibility index (Phi) is 8.53. The fraction of sp³-hybridized carbons (Fsp3) is 0.231. The number of carboxylic acid groups (broad SMARTS) is 1. The molecule has 0 spiro atoms. The van der Waals surface area contributed by atoms with Gasteiger partial charge >= 0.3 is 5.97 Å². The Bertz CT molecular complexity index is 1100. The van der Waals surface area contributed by atoms with E-state index in [4.69, 9.17) is 17.3 Å². The zero-order chi connectivity index (χ0) is 23.6. The van der Waals surface area contributed by atoms with Crippen molar-refractivity contribution in [3.05, 3.63) is 77.9 Å². The quantitative estimate of drug-likeness (QED) is 0.304. The summed E-state index contributed by atoms with van der Waals surface area (Å²) in [5.74, 6) is -0.693. The van der Waals surface area contributed by atoms with Crippen molar-refractivity contribution in [1.29, 1.82) is 0 Å². The number of rotatable bonds is 11. The number of carboxylic acids is 1. The maximum absolute atomic E-state index is 13.2.